The first-order valence-electron chi connectivity index (χ1n) is 9.73. The Bertz CT molecular complexity index is 981. The molecule has 1 fully saturated rings. The van der Waals surface area contributed by atoms with Crippen LogP contribution in [-0.4, -0.2) is 31.6 Å². The lowest BCUT2D eigenvalue weighted by molar-refractivity contribution is 0.0986. The predicted octanol–water partition coefficient (Wildman–Crippen LogP) is 3.56. The fourth-order valence-electron chi connectivity index (χ4n) is 5.07. The van der Waals surface area contributed by atoms with E-state index < -0.39 is 23.4 Å². The first kappa shape index (κ1) is 17.9. The number of nitrogens with two attached hydrogens (primary N) is 1. The zero-order chi connectivity index (χ0) is 19.4. The summed E-state index contributed by atoms with van der Waals surface area (Å²) in [5, 5.41) is 4.61. The van der Waals surface area contributed by atoms with Crippen molar-refractivity contribution < 1.29 is 13.2 Å². The van der Waals surface area contributed by atoms with Crippen LogP contribution in [0.3, 0.4) is 0 Å². The molecule has 2 aromatic heterocycles. The van der Waals surface area contributed by atoms with Crippen molar-refractivity contribution in [2.75, 3.05) is 0 Å². The smallest absolute Gasteiger partial charge is 0.159 e. The van der Waals surface area contributed by atoms with Gasteiger partial charge >= 0.3 is 0 Å². The monoisotopic (exact) mass is 389 g/mol. The summed E-state index contributed by atoms with van der Waals surface area (Å²) in [6, 6.07) is 1.89. The Morgan fingerprint density at radius 2 is 2.00 bits per heavy atom. The number of hydrogen-bond acceptors (Lipinski definition) is 4. The Kier molecular flexibility index (Phi) is 4.28. The van der Waals surface area contributed by atoms with Gasteiger partial charge in [-0.1, -0.05) is 0 Å². The average Bonchev–Trinajstić information content (AvgIpc) is 3.23. The van der Waals surface area contributed by atoms with E-state index in [4.69, 9.17) is 5.73 Å². The molecule has 5 rings (SSSR count). The molecule has 2 aromatic rings. The van der Waals surface area contributed by atoms with Crippen LogP contribution in [-0.2, 0) is 13.1 Å². The van der Waals surface area contributed by atoms with Crippen LogP contribution in [0.25, 0.3) is 5.65 Å². The van der Waals surface area contributed by atoms with Gasteiger partial charge < -0.3 is 5.73 Å². The molecule has 1 aliphatic heterocycles. The summed E-state index contributed by atoms with van der Waals surface area (Å²) in [5.41, 5.74) is 9.48. The predicted molar refractivity (Wildman–Crippen MR) is 97.9 cm³/mol. The first-order chi connectivity index (χ1) is 13.5. The molecule has 8 heteroatoms. The quantitative estimate of drug-likeness (QED) is 0.853. The van der Waals surface area contributed by atoms with E-state index in [0.29, 0.717) is 18.9 Å². The van der Waals surface area contributed by atoms with Gasteiger partial charge in [0.2, 0.25) is 0 Å². The highest BCUT2D eigenvalue weighted by Gasteiger charge is 2.41. The van der Waals surface area contributed by atoms with Crippen LogP contribution in [0.1, 0.15) is 36.9 Å². The molecule has 3 heterocycles. The summed E-state index contributed by atoms with van der Waals surface area (Å²) >= 11 is 0. The van der Waals surface area contributed by atoms with Gasteiger partial charge in [0.25, 0.3) is 0 Å². The Morgan fingerprint density at radius 1 is 1.14 bits per heavy atom. The molecule has 0 saturated heterocycles. The lowest BCUT2D eigenvalue weighted by atomic mass is 9.72. The maximum absolute atomic E-state index is 14.3. The van der Waals surface area contributed by atoms with E-state index in [9.17, 15) is 13.2 Å². The molecule has 1 saturated carbocycles. The lowest BCUT2D eigenvalue weighted by Crippen LogP contribution is -2.47. The average molecular weight is 389 g/mol. The molecule has 28 heavy (non-hydrogen) atoms. The van der Waals surface area contributed by atoms with E-state index in [0.717, 1.165) is 36.4 Å². The molecule has 0 bridgehead atoms. The minimum atomic E-state index is -1.09. The third kappa shape index (κ3) is 2.86. The molecule has 0 radical (unpaired) electrons. The van der Waals surface area contributed by atoms with Gasteiger partial charge in [-0.15, -0.1) is 0 Å². The Labute approximate surface area is 160 Å². The van der Waals surface area contributed by atoms with Gasteiger partial charge in [0.05, 0.1) is 5.69 Å². The van der Waals surface area contributed by atoms with Crippen LogP contribution in [0.15, 0.2) is 42.0 Å². The fraction of sp³-hybridized carbons (Fsp3) is 0.500. The molecule has 3 aliphatic rings. The Morgan fingerprint density at radius 3 is 2.82 bits per heavy atom. The van der Waals surface area contributed by atoms with Crippen molar-refractivity contribution in [2.45, 2.75) is 50.9 Å². The highest BCUT2D eigenvalue weighted by atomic mass is 19.2. The second-order valence-electron chi connectivity index (χ2n) is 8.11. The van der Waals surface area contributed by atoms with Gasteiger partial charge in [0.1, 0.15) is 11.7 Å². The van der Waals surface area contributed by atoms with Crippen LogP contribution in [0.5, 0.6) is 0 Å². The standard InChI is InChI=1S/C20H22F3N5/c21-15-8-17(23)16(22)7-13(15)12-3-2-11(6-18(12)24)27-9-14-19(10-27)26-28-5-1-4-25-20(14)28/h1,4-5,8,11-13,18H,2-3,6-7,9-10,24H2/t11?,12-,13?,18?/m1/s1. The Hall–Kier alpha value is -2.19. The van der Waals surface area contributed by atoms with Gasteiger partial charge in [0, 0.05) is 61.5 Å². The molecule has 0 aromatic carbocycles. The number of rotatable bonds is 2. The van der Waals surface area contributed by atoms with Gasteiger partial charge in [-0.3, -0.25) is 4.90 Å². The third-order valence-corrected chi connectivity index (χ3v) is 6.53. The van der Waals surface area contributed by atoms with E-state index >= 15 is 0 Å². The fourth-order valence-corrected chi connectivity index (χ4v) is 5.07. The Balaban J connectivity index is 1.27. The van der Waals surface area contributed by atoms with E-state index in [1.54, 1.807) is 6.20 Å². The minimum Gasteiger partial charge on any atom is -0.327 e. The highest BCUT2D eigenvalue weighted by molar-refractivity contribution is 5.51. The van der Waals surface area contributed by atoms with Gasteiger partial charge in [-0.2, -0.15) is 5.10 Å². The van der Waals surface area contributed by atoms with Gasteiger partial charge in [-0.05, 0) is 31.2 Å². The van der Waals surface area contributed by atoms with E-state index in [1.807, 2.05) is 16.8 Å². The second kappa shape index (κ2) is 6.70. The van der Waals surface area contributed by atoms with E-state index in [1.165, 1.54) is 0 Å². The van der Waals surface area contributed by atoms with Crippen molar-refractivity contribution in [3.05, 3.63) is 53.3 Å². The first-order valence-corrected chi connectivity index (χ1v) is 9.73. The number of halogens is 3. The number of allylic oxidation sites excluding steroid dienone is 4. The minimum absolute atomic E-state index is 0.170. The zero-order valence-corrected chi connectivity index (χ0v) is 15.4. The van der Waals surface area contributed by atoms with Crippen molar-refractivity contribution >= 4 is 5.65 Å². The molecule has 3 unspecified atom stereocenters. The van der Waals surface area contributed by atoms with Crippen molar-refractivity contribution in [3.8, 4) is 0 Å². The van der Waals surface area contributed by atoms with Crippen molar-refractivity contribution in [1.82, 2.24) is 19.5 Å². The number of fused-ring (bicyclic) bond motifs is 3. The topological polar surface area (TPSA) is 59.5 Å². The SMILES string of the molecule is NC1CC(N2Cc3nn4cccnc4c3C2)CC[C@@H]1C1CC(F)=C(F)C=C1F. The number of hydrogen-bond donors (Lipinski definition) is 1. The molecular weight excluding hydrogens is 367 g/mol. The van der Waals surface area contributed by atoms with Crippen LogP contribution in [0, 0.1) is 11.8 Å². The van der Waals surface area contributed by atoms with Crippen molar-refractivity contribution in [2.24, 2.45) is 17.6 Å². The largest absolute Gasteiger partial charge is 0.327 e. The van der Waals surface area contributed by atoms with Crippen molar-refractivity contribution in [1.29, 1.82) is 0 Å². The molecule has 0 amide bonds. The van der Waals surface area contributed by atoms with Crippen LogP contribution < -0.4 is 5.73 Å². The van der Waals surface area contributed by atoms with Crippen molar-refractivity contribution in [3.63, 3.8) is 0 Å². The maximum Gasteiger partial charge on any atom is 0.159 e. The van der Waals surface area contributed by atoms with Crippen LogP contribution >= 0.6 is 0 Å². The van der Waals surface area contributed by atoms with Gasteiger partial charge in [-0.25, -0.2) is 22.7 Å². The molecule has 2 N–H and O–H groups in total. The van der Waals surface area contributed by atoms with E-state index in [2.05, 4.69) is 15.0 Å². The zero-order valence-electron chi connectivity index (χ0n) is 15.4. The molecule has 148 valence electrons. The second-order valence-corrected chi connectivity index (χ2v) is 8.11. The van der Waals surface area contributed by atoms with Gasteiger partial charge in [0.15, 0.2) is 11.5 Å². The molecule has 4 atom stereocenters. The van der Waals surface area contributed by atoms with Crippen LogP contribution in [0.4, 0.5) is 13.2 Å². The summed E-state index contributed by atoms with van der Waals surface area (Å²) in [4.78, 5) is 6.79. The summed E-state index contributed by atoms with van der Waals surface area (Å²) in [7, 11) is 0. The van der Waals surface area contributed by atoms with Crippen LogP contribution in [0.2, 0.25) is 0 Å². The highest BCUT2D eigenvalue weighted by Crippen LogP contribution is 2.43. The molecular formula is C20H22F3N5. The summed E-state index contributed by atoms with van der Waals surface area (Å²) < 4.78 is 43.0. The number of aromatic nitrogens is 3. The molecule has 0 spiro atoms. The lowest BCUT2D eigenvalue weighted by Gasteiger charge is -2.41. The third-order valence-electron chi connectivity index (χ3n) is 6.53. The molecule has 2 aliphatic carbocycles. The summed E-state index contributed by atoms with van der Waals surface area (Å²) in [5.74, 6) is -3.37. The number of nitrogens with zero attached hydrogens (tertiary/aromatic N) is 4. The maximum atomic E-state index is 14.3. The summed E-state index contributed by atoms with van der Waals surface area (Å²) in [6.45, 7) is 1.53. The van der Waals surface area contributed by atoms with E-state index in [-0.39, 0.29) is 24.4 Å². The molecule has 5 nitrogen and oxygen atoms in total. The normalized spacial score (nSPS) is 31.4. The summed E-state index contributed by atoms with van der Waals surface area (Å²) in [6.07, 6.45) is 6.40.